The van der Waals surface area contributed by atoms with Crippen LogP contribution in [0.15, 0.2) is 18.2 Å². The van der Waals surface area contributed by atoms with E-state index in [4.69, 9.17) is 16.7 Å². The molecule has 2 unspecified atom stereocenters. The van der Waals surface area contributed by atoms with Crippen molar-refractivity contribution in [2.24, 2.45) is 0 Å². The minimum Gasteiger partial charge on any atom is -0.481 e. The number of aliphatic hydroxyl groups is 1. The van der Waals surface area contributed by atoms with Gasteiger partial charge in [-0.05, 0) is 36.1 Å². The summed E-state index contributed by atoms with van der Waals surface area (Å²) in [5.74, 6) is -1.79. The molecule has 1 aliphatic rings. The molecular formula is C11H11ClO3. The van der Waals surface area contributed by atoms with Gasteiger partial charge in [0.2, 0.25) is 0 Å². The Labute approximate surface area is 92.3 Å². The first-order valence-electron chi connectivity index (χ1n) is 4.79. The number of hydrogen-bond donors (Lipinski definition) is 2. The molecule has 2 N–H and O–H groups in total. The smallest absolute Gasteiger partial charge is 0.313 e. The highest BCUT2D eigenvalue weighted by Crippen LogP contribution is 2.33. The number of carbonyl (C=O) groups is 1. The van der Waals surface area contributed by atoms with E-state index in [1.54, 1.807) is 18.2 Å². The van der Waals surface area contributed by atoms with Gasteiger partial charge in [-0.15, -0.1) is 0 Å². The van der Waals surface area contributed by atoms with Gasteiger partial charge in [-0.25, -0.2) is 0 Å². The van der Waals surface area contributed by atoms with Crippen LogP contribution in [0, 0.1) is 0 Å². The number of benzene rings is 1. The van der Waals surface area contributed by atoms with Gasteiger partial charge in [-0.2, -0.15) is 0 Å². The molecule has 0 aliphatic heterocycles. The average Bonchev–Trinajstić information content (AvgIpc) is 2.17. The van der Waals surface area contributed by atoms with E-state index in [9.17, 15) is 9.90 Å². The summed E-state index contributed by atoms with van der Waals surface area (Å²) in [6.07, 6.45) is 0.363. The van der Waals surface area contributed by atoms with Crippen molar-refractivity contribution in [3.8, 4) is 0 Å². The fourth-order valence-corrected chi connectivity index (χ4v) is 2.26. The van der Waals surface area contributed by atoms with Gasteiger partial charge in [-0.1, -0.05) is 17.7 Å². The van der Waals surface area contributed by atoms with Crippen molar-refractivity contribution in [1.82, 2.24) is 0 Å². The second kappa shape index (κ2) is 3.83. The van der Waals surface area contributed by atoms with Crippen LogP contribution in [-0.2, 0) is 11.2 Å². The third-order valence-corrected chi connectivity index (χ3v) is 3.04. The maximum atomic E-state index is 11.0. The molecule has 3 nitrogen and oxygen atoms in total. The molecule has 1 aliphatic carbocycles. The lowest BCUT2D eigenvalue weighted by molar-refractivity contribution is -0.142. The van der Waals surface area contributed by atoms with E-state index >= 15 is 0 Å². The zero-order valence-electron chi connectivity index (χ0n) is 7.98. The van der Waals surface area contributed by atoms with E-state index in [1.807, 2.05) is 0 Å². The molecule has 2 atom stereocenters. The molecule has 0 heterocycles. The quantitative estimate of drug-likeness (QED) is 0.768. The third-order valence-electron chi connectivity index (χ3n) is 2.80. The van der Waals surface area contributed by atoms with Crippen molar-refractivity contribution in [3.05, 3.63) is 34.3 Å². The Kier molecular flexibility index (Phi) is 2.67. The minimum absolute atomic E-state index is 0.476. The van der Waals surface area contributed by atoms with E-state index in [-0.39, 0.29) is 0 Å². The largest absolute Gasteiger partial charge is 0.481 e. The van der Waals surface area contributed by atoms with Crippen LogP contribution in [0.2, 0.25) is 5.02 Å². The molecule has 1 aromatic carbocycles. The summed E-state index contributed by atoms with van der Waals surface area (Å²) < 4.78 is 0. The van der Waals surface area contributed by atoms with E-state index in [2.05, 4.69) is 0 Å². The Balaban J connectivity index is 2.48. The number of fused-ring (bicyclic) bond motifs is 1. The number of aliphatic hydroxyl groups excluding tert-OH is 1. The maximum absolute atomic E-state index is 11.0. The van der Waals surface area contributed by atoms with E-state index in [0.29, 0.717) is 23.4 Å². The van der Waals surface area contributed by atoms with Gasteiger partial charge in [-0.3, -0.25) is 4.79 Å². The summed E-state index contributed by atoms with van der Waals surface area (Å²) >= 11 is 5.83. The number of rotatable bonds is 1. The van der Waals surface area contributed by atoms with Gasteiger partial charge in [0.25, 0.3) is 0 Å². The van der Waals surface area contributed by atoms with Crippen LogP contribution in [0.25, 0.3) is 0 Å². The summed E-state index contributed by atoms with van der Waals surface area (Å²) in [6.45, 7) is 0. The fourth-order valence-electron chi connectivity index (χ4n) is 2.07. The molecule has 0 radical (unpaired) electrons. The SMILES string of the molecule is O=C(O)C1c2ccc(Cl)cc2CCC1O. The Morgan fingerprint density at radius 1 is 1.47 bits per heavy atom. The first-order chi connectivity index (χ1) is 7.09. The number of aryl methyl sites for hydroxylation is 1. The zero-order chi connectivity index (χ0) is 11.0. The van der Waals surface area contributed by atoms with Gasteiger partial charge in [0.1, 0.15) is 5.92 Å². The maximum Gasteiger partial charge on any atom is 0.313 e. The van der Waals surface area contributed by atoms with E-state index < -0.39 is 18.0 Å². The average molecular weight is 227 g/mol. The third kappa shape index (κ3) is 1.85. The monoisotopic (exact) mass is 226 g/mol. The first kappa shape index (κ1) is 10.5. The molecule has 0 fully saturated rings. The van der Waals surface area contributed by atoms with Crippen LogP contribution in [0.1, 0.15) is 23.5 Å². The molecule has 0 saturated heterocycles. The highest BCUT2D eigenvalue weighted by atomic mass is 35.5. The van der Waals surface area contributed by atoms with Crippen molar-refractivity contribution in [2.75, 3.05) is 0 Å². The molecule has 0 aromatic heterocycles. The Hall–Kier alpha value is -1.06. The zero-order valence-corrected chi connectivity index (χ0v) is 8.74. The van der Waals surface area contributed by atoms with Gasteiger partial charge < -0.3 is 10.2 Å². The van der Waals surface area contributed by atoms with Crippen LogP contribution in [0.4, 0.5) is 0 Å². The summed E-state index contributed by atoms with van der Waals surface area (Å²) in [5, 5.41) is 19.3. The molecule has 0 spiro atoms. The van der Waals surface area contributed by atoms with Crippen LogP contribution < -0.4 is 0 Å². The molecule has 80 valence electrons. The molecule has 1 aromatic rings. The number of hydrogen-bond acceptors (Lipinski definition) is 2. The van der Waals surface area contributed by atoms with Crippen molar-refractivity contribution < 1.29 is 15.0 Å². The predicted octanol–water partition coefficient (Wildman–Crippen LogP) is 1.82. The fraction of sp³-hybridized carbons (Fsp3) is 0.364. The molecule has 0 bridgehead atoms. The second-order valence-corrected chi connectivity index (χ2v) is 4.20. The van der Waals surface area contributed by atoms with Crippen molar-refractivity contribution >= 4 is 17.6 Å². The highest BCUT2D eigenvalue weighted by molar-refractivity contribution is 6.30. The van der Waals surface area contributed by atoms with Crippen molar-refractivity contribution in [2.45, 2.75) is 24.9 Å². The first-order valence-corrected chi connectivity index (χ1v) is 5.16. The van der Waals surface area contributed by atoms with Crippen LogP contribution >= 0.6 is 11.6 Å². The van der Waals surface area contributed by atoms with Gasteiger partial charge in [0, 0.05) is 5.02 Å². The van der Waals surface area contributed by atoms with Gasteiger partial charge in [0.05, 0.1) is 6.10 Å². The van der Waals surface area contributed by atoms with Crippen LogP contribution in [0.5, 0.6) is 0 Å². The van der Waals surface area contributed by atoms with E-state index in [1.165, 1.54) is 0 Å². The molecule has 2 rings (SSSR count). The second-order valence-electron chi connectivity index (χ2n) is 3.77. The van der Waals surface area contributed by atoms with Crippen LogP contribution in [0.3, 0.4) is 0 Å². The molecule has 4 heteroatoms. The summed E-state index contributed by atoms with van der Waals surface area (Å²) in [5.41, 5.74) is 1.62. The Morgan fingerprint density at radius 3 is 2.87 bits per heavy atom. The predicted molar refractivity (Wildman–Crippen MR) is 56.2 cm³/mol. The number of carboxylic acids is 1. The molecular weight excluding hydrogens is 216 g/mol. The Morgan fingerprint density at radius 2 is 2.20 bits per heavy atom. The lowest BCUT2D eigenvalue weighted by Crippen LogP contribution is -2.31. The van der Waals surface area contributed by atoms with Crippen molar-refractivity contribution in [1.29, 1.82) is 0 Å². The lowest BCUT2D eigenvalue weighted by atomic mass is 9.81. The summed E-state index contributed by atoms with van der Waals surface area (Å²) in [7, 11) is 0. The number of carboxylic acid groups (broad SMARTS) is 1. The standard InChI is InChI=1S/C11H11ClO3/c12-7-2-3-8-6(5-7)1-4-9(13)10(8)11(14)15/h2-3,5,9-10,13H,1,4H2,(H,14,15). The van der Waals surface area contributed by atoms with Gasteiger partial charge >= 0.3 is 5.97 Å². The molecule has 15 heavy (non-hydrogen) atoms. The summed E-state index contributed by atoms with van der Waals surface area (Å²) in [4.78, 5) is 11.0. The van der Waals surface area contributed by atoms with E-state index in [0.717, 1.165) is 5.56 Å². The highest BCUT2D eigenvalue weighted by Gasteiger charge is 2.33. The summed E-state index contributed by atoms with van der Waals surface area (Å²) in [6, 6.07) is 5.13. The minimum atomic E-state index is -0.981. The molecule has 0 amide bonds. The Bertz CT molecular complexity index is 403. The number of aliphatic carboxylic acids is 1. The normalized spacial score (nSPS) is 24.7. The van der Waals surface area contributed by atoms with Crippen molar-refractivity contribution in [3.63, 3.8) is 0 Å². The lowest BCUT2D eigenvalue weighted by Gasteiger charge is -2.27. The van der Waals surface area contributed by atoms with Gasteiger partial charge in [0.15, 0.2) is 0 Å². The van der Waals surface area contributed by atoms with Crippen LogP contribution in [-0.4, -0.2) is 22.3 Å². The molecule has 0 saturated carbocycles. The topological polar surface area (TPSA) is 57.5 Å². The number of halogens is 1.